The summed E-state index contributed by atoms with van der Waals surface area (Å²) in [6, 6.07) is 5.15. The van der Waals surface area contributed by atoms with Crippen LogP contribution < -0.4 is 5.32 Å². The molecule has 1 unspecified atom stereocenters. The third-order valence-electron chi connectivity index (χ3n) is 2.38. The fraction of sp³-hybridized carbons (Fsp3) is 0.417. The molecule has 0 spiro atoms. The van der Waals surface area contributed by atoms with Crippen molar-refractivity contribution in [3.05, 3.63) is 33.3 Å². The van der Waals surface area contributed by atoms with E-state index in [1.807, 2.05) is 6.92 Å². The standard InChI is InChI=1S/C12H15BrClNO2/c1-3-9(7-17-2)15-12(16)8-4-5-10(13)11(14)6-8/h4-6,9H,3,7H2,1-2H3,(H,15,16). The van der Waals surface area contributed by atoms with Gasteiger partial charge in [-0.2, -0.15) is 0 Å². The normalized spacial score (nSPS) is 12.2. The summed E-state index contributed by atoms with van der Waals surface area (Å²) >= 11 is 9.22. The Hall–Kier alpha value is -0.580. The van der Waals surface area contributed by atoms with E-state index in [1.54, 1.807) is 25.3 Å². The quantitative estimate of drug-likeness (QED) is 0.904. The Balaban J connectivity index is 2.72. The number of hydrogen-bond acceptors (Lipinski definition) is 2. The van der Waals surface area contributed by atoms with Crippen LogP contribution in [0.25, 0.3) is 0 Å². The number of carbonyl (C=O) groups excluding carboxylic acids is 1. The van der Waals surface area contributed by atoms with Gasteiger partial charge in [-0.05, 0) is 40.5 Å². The summed E-state index contributed by atoms with van der Waals surface area (Å²) < 4.78 is 5.80. The summed E-state index contributed by atoms with van der Waals surface area (Å²) in [5.41, 5.74) is 0.549. The Labute approximate surface area is 115 Å². The van der Waals surface area contributed by atoms with Crippen LogP contribution in [0, 0.1) is 0 Å². The molecule has 1 aromatic carbocycles. The van der Waals surface area contributed by atoms with E-state index in [-0.39, 0.29) is 11.9 Å². The first-order valence-corrected chi connectivity index (χ1v) is 6.50. The highest BCUT2D eigenvalue weighted by molar-refractivity contribution is 9.10. The number of carbonyl (C=O) groups is 1. The molecular weight excluding hydrogens is 305 g/mol. The Morgan fingerprint density at radius 2 is 2.29 bits per heavy atom. The van der Waals surface area contributed by atoms with Gasteiger partial charge in [0, 0.05) is 17.1 Å². The summed E-state index contributed by atoms with van der Waals surface area (Å²) in [6.45, 7) is 2.50. The van der Waals surface area contributed by atoms with Gasteiger partial charge in [0.15, 0.2) is 0 Å². The molecule has 0 aliphatic heterocycles. The lowest BCUT2D eigenvalue weighted by atomic mass is 10.2. The van der Waals surface area contributed by atoms with Crippen molar-refractivity contribution < 1.29 is 9.53 Å². The zero-order valence-corrected chi connectivity index (χ0v) is 12.1. The summed E-state index contributed by atoms with van der Waals surface area (Å²) in [6.07, 6.45) is 0.823. The number of ether oxygens (including phenoxy) is 1. The topological polar surface area (TPSA) is 38.3 Å². The van der Waals surface area contributed by atoms with Gasteiger partial charge >= 0.3 is 0 Å². The minimum atomic E-state index is -0.136. The molecule has 0 bridgehead atoms. The molecule has 1 rings (SSSR count). The second-order valence-corrected chi connectivity index (χ2v) is 4.92. The van der Waals surface area contributed by atoms with E-state index < -0.39 is 0 Å². The van der Waals surface area contributed by atoms with Gasteiger partial charge in [-0.3, -0.25) is 4.79 Å². The number of benzene rings is 1. The predicted molar refractivity (Wildman–Crippen MR) is 72.6 cm³/mol. The maximum absolute atomic E-state index is 11.9. The molecule has 0 saturated heterocycles. The largest absolute Gasteiger partial charge is 0.383 e. The number of nitrogens with one attached hydrogen (secondary N) is 1. The molecule has 0 aromatic heterocycles. The summed E-state index contributed by atoms with van der Waals surface area (Å²) in [5, 5.41) is 3.42. The van der Waals surface area contributed by atoms with E-state index in [0.717, 1.165) is 10.9 Å². The number of methoxy groups -OCH3 is 1. The van der Waals surface area contributed by atoms with E-state index >= 15 is 0 Å². The Morgan fingerprint density at radius 3 is 2.82 bits per heavy atom. The number of halogens is 2. The van der Waals surface area contributed by atoms with Crippen molar-refractivity contribution in [1.29, 1.82) is 0 Å². The van der Waals surface area contributed by atoms with Crippen LogP contribution in [0.5, 0.6) is 0 Å². The average Bonchev–Trinajstić information content (AvgIpc) is 2.31. The highest BCUT2D eigenvalue weighted by Crippen LogP contribution is 2.23. The van der Waals surface area contributed by atoms with Crippen LogP contribution in [-0.4, -0.2) is 25.7 Å². The Kier molecular flexibility index (Phi) is 5.95. The molecular formula is C12H15BrClNO2. The first kappa shape index (κ1) is 14.5. The van der Waals surface area contributed by atoms with E-state index in [0.29, 0.717) is 17.2 Å². The van der Waals surface area contributed by atoms with Gasteiger partial charge in [0.25, 0.3) is 5.91 Å². The van der Waals surface area contributed by atoms with Crippen LogP contribution in [0.3, 0.4) is 0 Å². The highest BCUT2D eigenvalue weighted by Gasteiger charge is 2.12. The third kappa shape index (κ3) is 4.30. The highest BCUT2D eigenvalue weighted by atomic mass is 79.9. The van der Waals surface area contributed by atoms with Gasteiger partial charge in [-0.1, -0.05) is 18.5 Å². The fourth-order valence-corrected chi connectivity index (χ4v) is 1.80. The average molecular weight is 321 g/mol. The van der Waals surface area contributed by atoms with Crippen LogP contribution >= 0.6 is 27.5 Å². The minimum Gasteiger partial charge on any atom is -0.383 e. The molecule has 5 heteroatoms. The molecule has 0 aliphatic carbocycles. The fourth-order valence-electron chi connectivity index (χ4n) is 1.37. The number of hydrogen-bond donors (Lipinski definition) is 1. The summed E-state index contributed by atoms with van der Waals surface area (Å²) in [4.78, 5) is 11.9. The molecule has 3 nitrogen and oxygen atoms in total. The van der Waals surface area contributed by atoms with E-state index in [1.165, 1.54) is 0 Å². The minimum absolute atomic E-state index is 0.0231. The second-order valence-electron chi connectivity index (χ2n) is 3.66. The maximum atomic E-state index is 11.9. The Bertz CT molecular complexity index is 398. The molecule has 0 radical (unpaired) electrons. The van der Waals surface area contributed by atoms with Gasteiger partial charge in [-0.25, -0.2) is 0 Å². The number of rotatable bonds is 5. The van der Waals surface area contributed by atoms with Crippen LogP contribution in [0.1, 0.15) is 23.7 Å². The monoisotopic (exact) mass is 319 g/mol. The van der Waals surface area contributed by atoms with Crippen molar-refractivity contribution >= 4 is 33.4 Å². The van der Waals surface area contributed by atoms with Crippen LogP contribution in [0.15, 0.2) is 22.7 Å². The predicted octanol–water partition coefficient (Wildman–Crippen LogP) is 3.26. The third-order valence-corrected chi connectivity index (χ3v) is 3.61. The molecule has 1 aromatic rings. The molecule has 1 amide bonds. The SMILES string of the molecule is CCC(COC)NC(=O)c1ccc(Br)c(Cl)c1. The van der Waals surface area contributed by atoms with Crippen molar-refractivity contribution in [1.82, 2.24) is 5.32 Å². The molecule has 17 heavy (non-hydrogen) atoms. The summed E-state index contributed by atoms with van der Waals surface area (Å²) in [5.74, 6) is -0.136. The lowest BCUT2D eigenvalue weighted by molar-refractivity contribution is 0.0894. The van der Waals surface area contributed by atoms with E-state index in [4.69, 9.17) is 16.3 Å². The van der Waals surface area contributed by atoms with Crippen molar-refractivity contribution in [2.24, 2.45) is 0 Å². The smallest absolute Gasteiger partial charge is 0.251 e. The molecule has 0 aliphatic rings. The molecule has 1 atom stereocenters. The number of amides is 1. The lowest BCUT2D eigenvalue weighted by Crippen LogP contribution is -2.37. The van der Waals surface area contributed by atoms with Crippen molar-refractivity contribution in [3.63, 3.8) is 0 Å². The summed E-state index contributed by atoms with van der Waals surface area (Å²) in [7, 11) is 1.62. The molecule has 0 fully saturated rings. The molecule has 1 N–H and O–H groups in total. The van der Waals surface area contributed by atoms with Gasteiger partial charge in [0.05, 0.1) is 17.7 Å². The first-order valence-electron chi connectivity index (χ1n) is 5.33. The zero-order chi connectivity index (χ0) is 12.8. The van der Waals surface area contributed by atoms with Crippen LogP contribution in [-0.2, 0) is 4.74 Å². The molecule has 0 heterocycles. The zero-order valence-electron chi connectivity index (χ0n) is 9.80. The maximum Gasteiger partial charge on any atom is 0.251 e. The second kappa shape index (κ2) is 6.99. The van der Waals surface area contributed by atoms with Gasteiger partial charge in [0.1, 0.15) is 0 Å². The van der Waals surface area contributed by atoms with Crippen molar-refractivity contribution in [2.45, 2.75) is 19.4 Å². The van der Waals surface area contributed by atoms with Crippen molar-refractivity contribution in [2.75, 3.05) is 13.7 Å². The Morgan fingerprint density at radius 1 is 1.59 bits per heavy atom. The van der Waals surface area contributed by atoms with Gasteiger partial charge < -0.3 is 10.1 Å². The van der Waals surface area contributed by atoms with E-state index in [2.05, 4.69) is 21.2 Å². The van der Waals surface area contributed by atoms with Crippen LogP contribution in [0.2, 0.25) is 5.02 Å². The van der Waals surface area contributed by atoms with E-state index in [9.17, 15) is 4.79 Å². The van der Waals surface area contributed by atoms with Gasteiger partial charge in [-0.15, -0.1) is 0 Å². The molecule has 94 valence electrons. The van der Waals surface area contributed by atoms with Crippen LogP contribution in [0.4, 0.5) is 0 Å². The lowest BCUT2D eigenvalue weighted by Gasteiger charge is -2.16. The first-order chi connectivity index (χ1) is 8.08. The van der Waals surface area contributed by atoms with Crippen molar-refractivity contribution in [3.8, 4) is 0 Å². The molecule has 0 saturated carbocycles. The van der Waals surface area contributed by atoms with Gasteiger partial charge in [0.2, 0.25) is 0 Å².